The van der Waals surface area contributed by atoms with Crippen molar-refractivity contribution in [2.45, 2.75) is 83.7 Å². The highest BCUT2D eigenvalue weighted by molar-refractivity contribution is 5.03. The molecule has 0 aliphatic heterocycles. The Kier molecular flexibility index (Phi) is 4.94. The van der Waals surface area contributed by atoms with Crippen LogP contribution in [0, 0.1) is 17.3 Å². The number of rotatable bonds is 4. The fraction of sp³-hybridized carbons (Fsp3) is 1.00. The van der Waals surface area contributed by atoms with Crippen LogP contribution < -0.4 is 5.73 Å². The summed E-state index contributed by atoms with van der Waals surface area (Å²) in [5.41, 5.74) is 5.70. The first-order valence-electron chi connectivity index (χ1n) is 8.44. The van der Waals surface area contributed by atoms with Crippen molar-refractivity contribution >= 4 is 0 Å². The maximum atomic E-state index is 11.3. The van der Waals surface area contributed by atoms with E-state index in [2.05, 4.69) is 13.8 Å². The van der Waals surface area contributed by atoms with Gasteiger partial charge in [-0.2, -0.15) is 0 Å². The maximum Gasteiger partial charge on any atom is 0.0718 e. The van der Waals surface area contributed by atoms with Crippen LogP contribution in [0.5, 0.6) is 0 Å². The molecule has 2 fully saturated rings. The molecule has 0 radical (unpaired) electrons. The summed E-state index contributed by atoms with van der Waals surface area (Å²) in [7, 11) is 0. The highest BCUT2D eigenvalue weighted by Crippen LogP contribution is 2.52. The molecule has 2 nitrogen and oxygen atoms in total. The van der Waals surface area contributed by atoms with Crippen LogP contribution in [-0.2, 0) is 0 Å². The number of hydrogen-bond acceptors (Lipinski definition) is 2. The first kappa shape index (κ1) is 15.3. The average Bonchev–Trinajstić information content (AvgIpc) is 2.38. The first-order chi connectivity index (χ1) is 9.01. The molecule has 0 saturated heterocycles. The molecule has 0 heterocycles. The van der Waals surface area contributed by atoms with E-state index in [1.165, 1.54) is 38.5 Å². The van der Waals surface area contributed by atoms with Crippen molar-refractivity contribution < 1.29 is 5.11 Å². The zero-order chi connectivity index (χ0) is 13.9. The quantitative estimate of drug-likeness (QED) is 0.812. The van der Waals surface area contributed by atoms with Gasteiger partial charge in [-0.25, -0.2) is 0 Å². The van der Waals surface area contributed by atoms with Gasteiger partial charge in [0.25, 0.3) is 0 Å². The molecular weight excluding hydrogens is 234 g/mol. The molecule has 2 atom stereocenters. The van der Waals surface area contributed by atoms with Crippen molar-refractivity contribution in [2.75, 3.05) is 6.54 Å². The molecule has 19 heavy (non-hydrogen) atoms. The van der Waals surface area contributed by atoms with Gasteiger partial charge in [0.1, 0.15) is 0 Å². The van der Waals surface area contributed by atoms with Gasteiger partial charge in [0.15, 0.2) is 0 Å². The smallest absolute Gasteiger partial charge is 0.0718 e. The molecule has 0 aromatic rings. The molecule has 2 aliphatic rings. The molecule has 2 rings (SSSR count). The topological polar surface area (TPSA) is 46.2 Å². The van der Waals surface area contributed by atoms with Crippen LogP contribution in [0.4, 0.5) is 0 Å². The molecule has 2 aliphatic carbocycles. The van der Waals surface area contributed by atoms with E-state index in [0.717, 1.165) is 31.6 Å². The fourth-order valence-electron chi connectivity index (χ4n) is 4.80. The van der Waals surface area contributed by atoms with Gasteiger partial charge >= 0.3 is 0 Å². The second-order valence-electron chi connectivity index (χ2n) is 7.67. The van der Waals surface area contributed by atoms with Crippen molar-refractivity contribution in [2.24, 2.45) is 23.0 Å². The monoisotopic (exact) mass is 267 g/mol. The minimum Gasteiger partial charge on any atom is -0.389 e. The minimum atomic E-state index is -0.472. The van der Waals surface area contributed by atoms with E-state index in [1.54, 1.807) is 0 Å². The highest BCUT2D eigenvalue weighted by atomic mass is 16.3. The van der Waals surface area contributed by atoms with Gasteiger partial charge in [-0.15, -0.1) is 0 Å². The van der Waals surface area contributed by atoms with Gasteiger partial charge in [-0.1, -0.05) is 46.0 Å². The largest absolute Gasteiger partial charge is 0.389 e. The second kappa shape index (κ2) is 6.13. The standard InChI is InChI=1S/C17H33NO/c1-14(2)11-15-7-6-10-17(19,12-15)16(13-18)8-4-3-5-9-16/h14-15,19H,3-13,18H2,1-2H3. The van der Waals surface area contributed by atoms with Crippen molar-refractivity contribution in [1.82, 2.24) is 0 Å². The van der Waals surface area contributed by atoms with Crippen molar-refractivity contribution in [3.63, 3.8) is 0 Å². The lowest BCUT2D eigenvalue weighted by Crippen LogP contribution is -2.55. The Bertz CT molecular complexity index is 283. The number of aliphatic hydroxyl groups is 1. The van der Waals surface area contributed by atoms with Crippen molar-refractivity contribution in [3.05, 3.63) is 0 Å². The number of hydrogen-bond donors (Lipinski definition) is 2. The van der Waals surface area contributed by atoms with Gasteiger partial charge in [-0.05, 0) is 43.9 Å². The van der Waals surface area contributed by atoms with E-state index in [4.69, 9.17) is 5.73 Å². The van der Waals surface area contributed by atoms with E-state index in [9.17, 15) is 5.11 Å². The normalized spacial score (nSPS) is 35.5. The van der Waals surface area contributed by atoms with Gasteiger partial charge < -0.3 is 10.8 Å². The zero-order valence-corrected chi connectivity index (χ0v) is 13.0. The van der Waals surface area contributed by atoms with Crippen LogP contribution in [0.15, 0.2) is 0 Å². The Labute approximate surface area is 119 Å². The van der Waals surface area contributed by atoms with Gasteiger partial charge in [0, 0.05) is 12.0 Å². The van der Waals surface area contributed by atoms with Crippen molar-refractivity contribution in [3.8, 4) is 0 Å². The third kappa shape index (κ3) is 3.16. The summed E-state index contributed by atoms with van der Waals surface area (Å²) in [5, 5.41) is 11.3. The Balaban J connectivity index is 2.10. The van der Waals surface area contributed by atoms with Crippen LogP contribution in [0.3, 0.4) is 0 Å². The van der Waals surface area contributed by atoms with Gasteiger partial charge in [0.05, 0.1) is 5.60 Å². The third-order valence-corrected chi connectivity index (χ3v) is 5.82. The molecule has 0 aromatic heterocycles. The lowest BCUT2D eigenvalue weighted by Gasteiger charge is -2.53. The molecule has 2 heteroatoms. The van der Waals surface area contributed by atoms with E-state index >= 15 is 0 Å². The Morgan fingerprint density at radius 1 is 1.11 bits per heavy atom. The summed E-state index contributed by atoms with van der Waals surface area (Å²) in [4.78, 5) is 0. The molecule has 3 N–H and O–H groups in total. The van der Waals surface area contributed by atoms with Gasteiger partial charge in [-0.3, -0.25) is 0 Å². The van der Waals surface area contributed by atoms with Crippen LogP contribution >= 0.6 is 0 Å². The lowest BCUT2D eigenvalue weighted by atomic mass is 9.57. The Hall–Kier alpha value is -0.0800. The molecule has 2 saturated carbocycles. The summed E-state index contributed by atoms with van der Waals surface area (Å²) < 4.78 is 0. The third-order valence-electron chi connectivity index (χ3n) is 5.82. The van der Waals surface area contributed by atoms with Crippen LogP contribution in [0.1, 0.15) is 78.1 Å². The van der Waals surface area contributed by atoms with Crippen molar-refractivity contribution in [1.29, 1.82) is 0 Å². The van der Waals surface area contributed by atoms with E-state index in [-0.39, 0.29) is 5.41 Å². The Morgan fingerprint density at radius 2 is 1.79 bits per heavy atom. The average molecular weight is 267 g/mol. The van der Waals surface area contributed by atoms with Gasteiger partial charge in [0.2, 0.25) is 0 Å². The minimum absolute atomic E-state index is 0.0287. The lowest BCUT2D eigenvalue weighted by molar-refractivity contribution is -0.134. The van der Waals surface area contributed by atoms with E-state index in [1.807, 2.05) is 0 Å². The number of nitrogens with two attached hydrogens (primary N) is 1. The summed E-state index contributed by atoms with van der Waals surface area (Å²) in [6, 6.07) is 0. The second-order valence-corrected chi connectivity index (χ2v) is 7.67. The summed E-state index contributed by atoms with van der Waals surface area (Å²) >= 11 is 0. The molecule has 2 unspecified atom stereocenters. The molecule has 0 amide bonds. The zero-order valence-electron chi connectivity index (χ0n) is 13.0. The highest BCUT2D eigenvalue weighted by Gasteiger charge is 2.51. The van der Waals surface area contributed by atoms with Crippen LogP contribution in [0.25, 0.3) is 0 Å². The maximum absolute atomic E-state index is 11.3. The molecule has 112 valence electrons. The van der Waals surface area contributed by atoms with E-state index in [0.29, 0.717) is 12.5 Å². The predicted octanol–water partition coefficient (Wildman–Crippen LogP) is 3.86. The first-order valence-corrected chi connectivity index (χ1v) is 8.44. The predicted molar refractivity (Wildman–Crippen MR) is 80.9 cm³/mol. The summed E-state index contributed by atoms with van der Waals surface area (Å²) in [6.45, 7) is 5.28. The van der Waals surface area contributed by atoms with Crippen LogP contribution in [0.2, 0.25) is 0 Å². The van der Waals surface area contributed by atoms with Crippen LogP contribution in [-0.4, -0.2) is 17.3 Å². The summed E-state index contributed by atoms with van der Waals surface area (Å²) in [6.07, 6.45) is 11.9. The SMILES string of the molecule is CC(C)CC1CCCC(O)(C2(CN)CCCCC2)C1. The molecular formula is C17H33NO. The summed E-state index contributed by atoms with van der Waals surface area (Å²) in [5.74, 6) is 1.46. The molecule has 0 aromatic carbocycles. The fourth-order valence-corrected chi connectivity index (χ4v) is 4.80. The molecule has 0 bridgehead atoms. The molecule has 0 spiro atoms. The van der Waals surface area contributed by atoms with E-state index < -0.39 is 5.60 Å². The Morgan fingerprint density at radius 3 is 2.37 bits per heavy atom.